The molecule has 10 heteroatoms. The van der Waals surface area contributed by atoms with Gasteiger partial charge in [0, 0.05) is 29.2 Å². The molecule has 3 aromatic carbocycles. The first kappa shape index (κ1) is 29.7. The molecule has 232 valence electrons. The fourth-order valence-corrected chi connectivity index (χ4v) is 6.89. The highest BCUT2D eigenvalue weighted by Crippen LogP contribution is 2.46. The zero-order chi connectivity index (χ0) is 31.1. The third-order valence-electron chi connectivity index (χ3n) is 9.27. The summed E-state index contributed by atoms with van der Waals surface area (Å²) in [6.45, 7) is 3.80. The van der Waals surface area contributed by atoms with E-state index < -0.39 is 11.9 Å². The highest BCUT2D eigenvalue weighted by molar-refractivity contribution is 6.30. The number of methoxy groups -OCH3 is 1. The molecule has 4 heterocycles. The van der Waals surface area contributed by atoms with E-state index >= 15 is 0 Å². The number of imidazole rings is 1. The number of aromatic nitrogens is 2. The maximum atomic E-state index is 14.9. The number of likely N-dealkylation sites (tertiary alicyclic amines) is 1. The molecule has 3 aliphatic rings. The van der Waals surface area contributed by atoms with Gasteiger partial charge in [-0.15, -0.1) is 0 Å². The maximum absolute atomic E-state index is 14.9. The van der Waals surface area contributed by atoms with Gasteiger partial charge < -0.3 is 18.8 Å². The van der Waals surface area contributed by atoms with Gasteiger partial charge in [-0.3, -0.25) is 4.90 Å². The summed E-state index contributed by atoms with van der Waals surface area (Å²) < 4.78 is 34.2. The summed E-state index contributed by atoms with van der Waals surface area (Å²) in [4.78, 5) is 31.6. The topological polar surface area (TPSA) is 82.9 Å². The second kappa shape index (κ2) is 12.4. The van der Waals surface area contributed by atoms with Crippen LogP contribution in [0, 0.1) is 5.82 Å². The summed E-state index contributed by atoms with van der Waals surface area (Å²) in [7, 11) is 1.38. The molecule has 1 aromatic heterocycles. The standard InChI is InChI=1S/C35H33ClFN3O5/c1-43-35(42)22-5-8-30-31(15-22)40(18-25-11-14-44-25)33(38-30)19-39-12-9-21(10-13-39)26-3-2-4-27-23(20-41)16-32(45-34(26)27)28-7-6-24(36)17-29(28)37/h2-8,15,17,21,25,32H,9-14,16,18-19H2,1H3/t25-,32?/m0/s1. The minimum Gasteiger partial charge on any atom is -0.484 e. The van der Waals surface area contributed by atoms with Gasteiger partial charge in [-0.1, -0.05) is 35.9 Å². The lowest BCUT2D eigenvalue weighted by atomic mass is 9.84. The molecule has 3 aliphatic heterocycles. The summed E-state index contributed by atoms with van der Waals surface area (Å²) in [5, 5.41) is 0.309. The molecule has 1 unspecified atom stereocenters. The Bertz CT molecular complexity index is 1820. The number of fused-ring (bicyclic) bond motifs is 2. The number of para-hydroxylation sites is 1. The van der Waals surface area contributed by atoms with Crippen LogP contribution in [0.1, 0.15) is 70.6 Å². The number of benzene rings is 3. The van der Waals surface area contributed by atoms with E-state index in [0.29, 0.717) is 40.6 Å². The Labute approximate surface area is 265 Å². The third-order valence-corrected chi connectivity index (χ3v) is 9.51. The highest BCUT2D eigenvalue weighted by atomic mass is 35.5. The number of ether oxygens (including phenoxy) is 3. The Kier molecular flexibility index (Phi) is 8.19. The van der Waals surface area contributed by atoms with Gasteiger partial charge >= 0.3 is 5.97 Å². The van der Waals surface area contributed by atoms with Crippen molar-refractivity contribution in [1.82, 2.24) is 14.5 Å². The molecule has 0 bridgehead atoms. The van der Waals surface area contributed by atoms with E-state index in [1.54, 1.807) is 18.2 Å². The minimum absolute atomic E-state index is 0.133. The molecule has 0 N–H and O–H groups in total. The number of carbonyl (C=O) groups is 1. The van der Waals surface area contributed by atoms with Crippen LogP contribution in [0.3, 0.4) is 0 Å². The van der Waals surface area contributed by atoms with E-state index in [0.717, 1.165) is 66.9 Å². The molecule has 45 heavy (non-hydrogen) atoms. The number of piperidine rings is 1. The van der Waals surface area contributed by atoms with Crippen LogP contribution in [0.5, 0.6) is 5.75 Å². The molecule has 4 aromatic rings. The largest absolute Gasteiger partial charge is 0.484 e. The van der Waals surface area contributed by atoms with Crippen molar-refractivity contribution in [3.8, 4) is 5.75 Å². The van der Waals surface area contributed by atoms with Crippen molar-refractivity contribution < 1.29 is 28.2 Å². The van der Waals surface area contributed by atoms with Gasteiger partial charge in [0.15, 0.2) is 0 Å². The second-order valence-electron chi connectivity index (χ2n) is 11.9. The molecule has 0 amide bonds. The zero-order valence-corrected chi connectivity index (χ0v) is 25.7. The van der Waals surface area contributed by atoms with E-state index in [4.69, 9.17) is 30.8 Å². The summed E-state index contributed by atoms with van der Waals surface area (Å²) >= 11 is 5.99. The first-order valence-corrected chi connectivity index (χ1v) is 15.7. The predicted molar refractivity (Wildman–Crippen MR) is 168 cm³/mol. The van der Waals surface area contributed by atoms with Crippen molar-refractivity contribution in [3.05, 3.63) is 93.5 Å². The summed E-state index contributed by atoms with van der Waals surface area (Å²) in [5.74, 6) is 3.06. The smallest absolute Gasteiger partial charge is 0.337 e. The van der Waals surface area contributed by atoms with Crippen LogP contribution in [0.4, 0.5) is 4.39 Å². The molecule has 0 spiro atoms. The van der Waals surface area contributed by atoms with E-state index in [1.165, 1.54) is 13.2 Å². The van der Waals surface area contributed by atoms with Gasteiger partial charge in [0.1, 0.15) is 29.4 Å². The first-order valence-electron chi connectivity index (χ1n) is 15.3. The number of rotatable bonds is 7. The molecule has 0 saturated carbocycles. The Morgan fingerprint density at radius 2 is 1.93 bits per heavy atom. The molecule has 2 atom stereocenters. The minimum atomic E-state index is -0.639. The first-order chi connectivity index (χ1) is 21.9. The van der Waals surface area contributed by atoms with Crippen molar-refractivity contribution >= 4 is 40.1 Å². The molecule has 8 nitrogen and oxygen atoms in total. The normalized spacial score (nSPS) is 20.3. The molecular formula is C35H33ClFN3O5. The van der Waals surface area contributed by atoms with Gasteiger partial charge in [0.2, 0.25) is 0 Å². The van der Waals surface area contributed by atoms with Gasteiger partial charge in [0.25, 0.3) is 0 Å². The van der Waals surface area contributed by atoms with Gasteiger partial charge in [-0.05, 0) is 74.2 Å². The van der Waals surface area contributed by atoms with Crippen LogP contribution in [0.2, 0.25) is 5.02 Å². The van der Waals surface area contributed by atoms with E-state index in [9.17, 15) is 14.0 Å². The van der Waals surface area contributed by atoms with E-state index in [2.05, 4.69) is 21.5 Å². The summed E-state index contributed by atoms with van der Waals surface area (Å²) in [5.41, 5.74) is 4.85. The number of hydrogen-bond acceptors (Lipinski definition) is 7. The molecule has 0 aliphatic carbocycles. The maximum Gasteiger partial charge on any atom is 0.337 e. The quantitative estimate of drug-likeness (QED) is 0.170. The number of carbonyl (C=O) groups excluding carboxylic acids is 2. The lowest BCUT2D eigenvalue weighted by molar-refractivity contribution is -0.0592. The SMILES string of the molecule is COC(=O)c1ccc2nc(CN3CCC(c4cccc5c4OC(c4ccc(Cl)cc4F)CC5=C=O)CC3)n(C[C@@H]3CCO3)c2c1. The number of esters is 1. The molecule has 2 fully saturated rings. The van der Waals surface area contributed by atoms with Crippen LogP contribution in [0.15, 0.2) is 54.6 Å². The molecular weight excluding hydrogens is 597 g/mol. The highest BCUT2D eigenvalue weighted by Gasteiger charge is 2.33. The number of halogens is 2. The fraction of sp³-hybridized carbons (Fsp3) is 0.371. The van der Waals surface area contributed by atoms with Crippen molar-refractivity contribution in [2.24, 2.45) is 0 Å². The van der Waals surface area contributed by atoms with Crippen LogP contribution in [-0.2, 0) is 27.4 Å². The summed E-state index contributed by atoms with van der Waals surface area (Å²) in [6, 6.07) is 15.9. The predicted octanol–water partition coefficient (Wildman–Crippen LogP) is 6.52. The van der Waals surface area contributed by atoms with Crippen molar-refractivity contribution in [2.45, 2.75) is 56.9 Å². The van der Waals surface area contributed by atoms with Crippen molar-refractivity contribution in [1.29, 1.82) is 0 Å². The zero-order valence-electron chi connectivity index (χ0n) is 24.9. The molecule has 0 radical (unpaired) electrons. The third kappa shape index (κ3) is 5.77. The summed E-state index contributed by atoms with van der Waals surface area (Å²) in [6.07, 6.45) is 2.51. The Morgan fingerprint density at radius 1 is 1.11 bits per heavy atom. The lowest BCUT2D eigenvalue weighted by Crippen LogP contribution is -2.35. The number of nitrogens with zero attached hydrogens (tertiary/aromatic N) is 3. The van der Waals surface area contributed by atoms with E-state index in [1.807, 2.05) is 24.3 Å². The van der Waals surface area contributed by atoms with Gasteiger partial charge in [0.05, 0.1) is 48.5 Å². The van der Waals surface area contributed by atoms with Gasteiger partial charge in [-0.25, -0.2) is 19.0 Å². The Morgan fingerprint density at radius 3 is 2.64 bits per heavy atom. The Balaban J connectivity index is 1.11. The lowest BCUT2D eigenvalue weighted by Gasteiger charge is -2.35. The van der Waals surface area contributed by atoms with Gasteiger partial charge in [-0.2, -0.15) is 0 Å². The Hall–Kier alpha value is -4.01. The second-order valence-corrected chi connectivity index (χ2v) is 12.4. The van der Waals surface area contributed by atoms with Crippen LogP contribution in [0.25, 0.3) is 16.6 Å². The van der Waals surface area contributed by atoms with E-state index in [-0.39, 0.29) is 24.4 Å². The van der Waals surface area contributed by atoms with Crippen molar-refractivity contribution in [3.63, 3.8) is 0 Å². The molecule has 7 rings (SSSR count). The monoisotopic (exact) mass is 629 g/mol. The number of hydrogen-bond donors (Lipinski definition) is 0. The van der Waals surface area contributed by atoms with Crippen LogP contribution in [-0.4, -0.2) is 59.3 Å². The average Bonchev–Trinajstić information content (AvgIpc) is 3.37. The van der Waals surface area contributed by atoms with Crippen LogP contribution < -0.4 is 4.74 Å². The molecule has 2 saturated heterocycles. The average molecular weight is 630 g/mol. The van der Waals surface area contributed by atoms with Crippen LogP contribution >= 0.6 is 11.6 Å². The fourth-order valence-electron chi connectivity index (χ4n) is 6.73. The van der Waals surface area contributed by atoms with Crippen molar-refractivity contribution in [2.75, 3.05) is 26.8 Å².